The molecule has 1 rings (SSSR count). The van der Waals surface area contributed by atoms with Gasteiger partial charge in [-0.2, -0.15) is 5.26 Å². The van der Waals surface area contributed by atoms with Gasteiger partial charge >= 0.3 is 5.97 Å². The molecule has 0 aromatic rings. The van der Waals surface area contributed by atoms with Gasteiger partial charge in [0.15, 0.2) is 13.1 Å². The second kappa shape index (κ2) is 4.24. The van der Waals surface area contributed by atoms with Crippen LogP contribution >= 0.6 is 0 Å². The zero-order chi connectivity index (χ0) is 9.73. The number of nitrogens with zero attached hydrogens (tertiary/aromatic N) is 2. The molecule has 1 saturated heterocycles. The summed E-state index contributed by atoms with van der Waals surface area (Å²) in [7, 11) is 0. The number of quaternary nitrogens is 1. The van der Waals surface area contributed by atoms with Gasteiger partial charge in [-0.3, -0.25) is 0 Å². The molecule has 0 aromatic heterocycles. The highest BCUT2D eigenvalue weighted by atomic mass is 16.4. The molecule has 4 nitrogen and oxygen atoms in total. The number of carboxylic acid groups (broad SMARTS) is 1. The molecule has 1 heterocycles. The molecule has 4 heteroatoms. The van der Waals surface area contributed by atoms with Crippen LogP contribution in [-0.2, 0) is 4.79 Å². The fourth-order valence-electron chi connectivity index (χ4n) is 1.99. The predicted molar refractivity (Wildman–Crippen MR) is 46.8 cm³/mol. The molecule has 13 heavy (non-hydrogen) atoms. The first-order chi connectivity index (χ1) is 6.18. The van der Waals surface area contributed by atoms with Crippen LogP contribution in [0.5, 0.6) is 0 Å². The zero-order valence-corrected chi connectivity index (χ0v) is 7.70. The maximum Gasteiger partial charge on any atom is 0.359 e. The van der Waals surface area contributed by atoms with Crippen molar-refractivity contribution in [1.29, 1.82) is 5.26 Å². The van der Waals surface area contributed by atoms with E-state index in [4.69, 9.17) is 10.4 Å². The summed E-state index contributed by atoms with van der Waals surface area (Å²) in [5.41, 5.74) is 0. The number of carboxylic acids is 1. The number of carbonyl (C=O) groups is 1. The van der Waals surface area contributed by atoms with E-state index < -0.39 is 5.97 Å². The molecule has 1 fully saturated rings. The van der Waals surface area contributed by atoms with Crippen LogP contribution in [-0.4, -0.2) is 41.7 Å². The highest BCUT2D eigenvalue weighted by Gasteiger charge is 2.31. The summed E-state index contributed by atoms with van der Waals surface area (Å²) < 4.78 is 0.464. The van der Waals surface area contributed by atoms with Gasteiger partial charge in [0.2, 0.25) is 0 Å². The van der Waals surface area contributed by atoms with Gasteiger partial charge in [-0.1, -0.05) is 0 Å². The Balaban J connectivity index is 2.62. The topological polar surface area (TPSA) is 61.1 Å². The van der Waals surface area contributed by atoms with Crippen molar-refractivity contribution in [2.24, 2.45) is 0 Å². The molecule has 1 N–H and O–H groups in total. The largest absolute Gasteiger partial charge is 0.477 e. The molecule has 0 bridgehead atoms. The lowest BCUT2D eigenvalue weighted by atomic mass is 10.1. The number of rotatable bonds is 3. The maximum atomic E-state index is 10.6. The number of hydrogen-bond donors (Lipinski definition) is 1. The maximum absolute atomic E-state index is 10.6. The normalized spacial score (nSPS) is 20.5. The van der Waals surface area contributed by atoms with Crippen molar-refractivity contribution >= 4 is 5.97 Å². The first-order valence-corrected chi connectivity index (χ1v) is 4.62. The van der Waals surface area contributed by atoms with Gasteiger partial charge in [0, 0.05) is 0 Å². The Morgan fingerprint density at radius 1 is 1.38 bits per heavy atom. The van der Waals surface area contributed by atoms with Crippen molar-refractivity contribution in [2.75, 3.05) is 26.2 Å². The fourth-order valence-corrected chi connectivity index (χ4v) is 1.99. The van der Waals surface area contributed by atoms with Crippen molar-refractivity contribution < 1.29 is 14.4 Å². The third-order valence-corrected chi connectivity index (χ3v) is 2.64. The van der Waals surface area contributed by atoms with E-state index >= 15 is 0 Å². The minimum Gasteiger partial charge on any atom is -0.477 e. The monoisotopic (exact) mass is 183 g/mol. The van der Waals surface area contributed by atoms with E-state index in [1.165, 1.54) is 6.42 Å². The minimum atomic E-state index is -0.794. The van der Waals surface area contributed by atoms with Crippen LogP contribution in [0, 0.1) is 11.3 Å². The van der Waals surface area contributed by atoms with Gasteiger partial charge in [0.25, 0.3) is 0 Å². The van der Waals surface area contributed by atoms with E-state index in [1.54, 1.807) is 0 Å². The molecule has 1 aliphatic rings. The van der Waals surface area contributed by atoms with Gasteiger partial charge < -0.3 is 9.59 Å². The lowest BCUT2D eigenvalue weighted by Gasteiger charge is -2.38. The summed E-state index contributed by atoms with van der Waals surface area (Å²) in [6.07, 6.45) is 3.27. The average molecular weight is 183 g/mol. The summed E-state index contributed by atoms with van der Waals surface area (Å²) in [5.74, 6) is -0.794. The number of aliphatic carboxylic acids is 1. The van der Waals surface area contributed by atoms with Crippen molar-refractivity contribution in [1.82, 2.24) is 0 Å². The molecule has 0 aromatic carbocycles. The Hall–Kier alpha value is -1.08. The molecule has 0 aliphatic carbocycles. The SMILES string of the molecule is N#CC[N+]1(CC(=O)O)CCCCC1. The molecular formula is C9H15N2O2+. The molecule has 0 amide bonds. The third-order valence-electron chi connectivity index (χ3n) is 2.64. The van der Waals surface area contributed by atoms with Gasteiger partial charge in [0.1, 0.15) is 6.07 Å². The van der Waals surface area contributed by atoms with E-state index in [0.717, 1.165) is 25.9 Å². The molecule has 0 spiro atoms. The van der Waals surface area contributed by atoms with Gasteiger partial charge in [0.05, 0.1) is 13.1 Å². The summed E-state index contributed by atoms with van der Waals surface area (Å²) in [4.78, 5) is 10.6. The van der Waals surface area contributed by atoms with Crippen LogP contribution in [0.1, 0.15) is 19.3 Å². The minimum absolute atomic E-state index is 0.105. The second-order valence-corrected chi connectivity index (χ2v) is 3.72. The van der Waals surface area contributed by atoms with E-state index in [2.05, 4.69) is 6.07 Å². The Bertz CT molecular complexity index is 226. The van der Waals surface area contributed by atoms with Crippen molar-refractivity contribution in [2.45, 2.75) is 19.3 Å². The van der Waals surface area contributed by atoms with Crippen molar-refractivity contribution in [3.05, 3.63) is 0 Å². The Morgan fingerprint density at radius 2 is 2.00 bits per heavy atom. The van der Waals surface area contributed by atoms with Crippen LogP contribution < -0.4 is 0 Å². The third kappa shape index (κ3) is 2.71. The number of nitriles is 1. The first kappa shape index (κ1) is 10.0. The van der Waals surface area contributed by atoms with E-state index in [-0.39, 0.29) is 6.54 Å². The quantitative estimate of drug-likeness (QED) is 0.514. The van der Waals surface area contributed by atoms with Crippen LogP contribution in [0.3, 0.4) is 0 Å². The molecule has 0 saturated carbocycles. The Kier molecular flexibility index (Phi) is 3.26. The van der Waals surface area contributed by atoms with Crippen LogP contribution in [0.2, 0.25) is 0 Å². The molecule has 0 atom stereocenters. The predicted octanol–water partition coefficient (Wildman–Crippen LogP) is 0.595. The summed E-state index contributed by atoms with van der Waals surface area (Å²) >= 11 is 0. The second-order valence-electron chi connectivity index (χ2n) is 3.72. The summed E-state index contributed by atoms with van der Waals surface area (Å²) in [6, 6.07) is 2.09. The number of likely N-dealkylation sites (tertiary alicyclic amines) is 1. The van der Waals surface area contributed by atoms with Gasteiger partial charge in [-0.15, -0.1) is 0 Å². The zero-order valence-electron chi connectivity index (χ0n) is 7.70. The van der Waals surface area contributed by atoms with E-state index in [1.807, 2.05) is 0 Å². The average Bonchev–Trinajstić information content (AvgIpc) is 2.04. The highest BCUT2D eigenvalue weighted by molar-refractivity contribution is 5.68. The van der Waals surface area contributed by atoms with Crippen LogP contribution in [0.25, 0.3) is 0 Å². The van der Waals surface area contributed by atoms with Gasteiger partial charge in [-0.05, 0) is 19.3 Å². The molecule has 1 aliphatic heterocycles. The highest BCUT2D eigenvalue weighted by Crippen LogP contribution is 2.17. The van der Waals surface area contributed by atoms with Crippen LogP contribution in [0.4, 0.5) is 0 Å². The van der Waals surface area contributed by atoms with Gasteiger partial charge in [-0.25, -0.2) is 4.79 Å². The lowest BCUT2D eigenvalue weighted by molar-refractivity contribution is -0.919. The fraction of sp³-hybridized carbons (Fsp3) is 0.778. The summed E-state index contributed by atoms with van der Waals surface area (Å²) in [6.45, 7) is 2.14. The number of piperidine rings is 1. The standard InChI is InChI=1S/C9H14N2O2/c10-4-7-11(8-9(12)13)5-2-1-3-6-11/h1-3,5-8H2/p+1. The molecule has 0 unspecified atom stereocenters. The first-order valence-electron chi connectivity index (χ1n) is 4.62. The molecule has 0 radical (unpaired) electrons. The lowest BCUT2D eigenvalue weighted by Crippen LogP contribution is -2.54. The number of hydrogen-bond acceptors (Lipinski definition) is 2. The van der Waals surface area contributed by atoms with E-state index in [0.29, 0.717) is 11.0 Å². The van der Waals surface area contributed by atoms with Crippen molar-refractivity contribution in [3.63, 3.8) is 0 Å². The smallest absolute Gasteiger partial charge is 0.359 e. The van der Waals surface area contributed by atoms with E-state index in [9.17, 15) is 4.79 Å². The molecule has 72 valence electrons. The Morgan fingerprint density at radius 3 is 2.46 bits per heavy atom. The van der Waals surface area contributed by atoms with Crippen molar-refractivity contribution in [3.8, 4) is 6.07 Å². The Labute approximate surface area is 78.0 Å². The molecular weight excluding hydrogens is 168 g/mol. The van der Waals surface area contributed by atoms with Crippen LogP contribution in [0.15, 0.2) is 0 Å². The summed E-state index contributed by atoms with van der Waals surface area (Å²) in [5, 5.41) is 17.4.